The van der Waals surface area contributed by atoms with Crippen LogP contribution in [0, 0.1) is 0 Å². The minimum Gasteiger partial charge on any atom is -0.347 e. The van der Waals surface area contributed by atoms with Gasteiger partial charge in [0.2, 0.25) is 5.69 Å². The SMILES string of the molecule is C=C(/C(=C\C=C/C)N1c2ncccc2N2CCCCN3c4cccnc4N4c5ccccc5C(=CC21)CC34)C1c2c(nnn2Cc2ccccc2)-c2c1n(Cc1ccccc1)n[n+]2C. The van der Waals surface area contributed by atoms with E-state index in [-0.39, 0.29) is 18.2 Å². The molecule has 1 aliphatic carbocycles. The first kappa shape index (κ1) is 38.1. The molecule has 3 atom stereocenters. The average molecular weight is 842 g/mol. The van der Waals surface area contributed by atoms with E-state index in [2.05, 4.69) is 169 Å². The van der Waals surface area contributed by atoms with Crippen LogP contribution >= 0.6 is 0 Å². The largest absolute Gasteiger partial charge is 0.347 e. The predicted octanol–water partition coefficient (Wildman–Crippen LogP) is 8.53. The molecule has 0 fully saturated rings. The van der Waals surface area contributed by atoms with Crippen LogP contribution < -0.4 is 24.3 Å². The summed E-state index contributed by atoms with van der Waals surface area (Å²) in [6, 6.07) is 38.5. The van der Waals surface area contributed by atoms with E-state index in [0.29, 0.717) is 13.1 Å². The smallest absolute Gasteiger partial charge is 0.223 e. The predicted molar refractivity (Wildman–Crippen MR) is 251 cm³/mol. The Kier molecular flexibility index (Phi) is 9.13. The van der Waals surface area contributed by atoms with Gasteiger partial charge in [0.25, 0.3) is 0 Å². The molecule has 316 valence electrons. The number of benzene rings is 3. The highest BCUT2D eigenvalue weighted by molar-refractivity contribution is 5.92. The second-order valence-corrected chi connectivity index (χ2v) is 17.2. The molecule has 64 heavy (non-hydrogen) atoms. The van der Waals surface area contributed by atoms with Crippen molar-refractivity contribution < 1.29 is 4.68 Å². The molecule has 12 rings (SSSR count). The van der Waals surface area contributed by atoms with Crippen molar-refractivity contribution in [2.45, 2.75) is 57.5 Å². The van der Waals surface area contributed by atoms with Crippen molar-refractivity contribution in [3.8, 4) is 11.4 Å². The van der Waals surface area contributed by atoms with Crippen LogP contribution in [-0.2, 0) is 20.1 Å². The van der Waals surface area contributed by atoms with Crippen LogP contribution in [0.15, 0.2) is 164 Å². The lowest BCUT2D eigenvalue weighted by atomic mass is 9.91. The van der Waals surface area contributed by atoms with E-state index in [0.717, 1.165) is 89.3 Å². The van der Waals surface area contributed by atoms with Crippen molar-refractivity contribution >= 4 is 34.3 Å². The molecule has 4 aliphatic heterocycles. The minimum atomic E-state index is -0.323. The zero-order chi connectivity index (χ0) is 42.9. The molecule has 0 saturated carbocycles. The van der Waals surface area contributed by atoms with Crippen LogP contribution in [0.3, 0.4) is 0 Å². The normalized spacial score (nSPS) is 19.4. The summed E-state index contributed by atoms with van der Waals surface area (Å²) < 4.78 is 6.18. The van der Waals surface area contributed by atoms with Crippen molar-refractivity contribution in [1.82, 2.24) is 34.9 Å². The number of pyridine rings is 2. The lowest BCUT2D eigenvalue weighted by Crippen LogP contribution is -2.44. The van der Waals surface area contributed by atoms with Gasteiger partial charge in [0.15, 0.2) is 23.0 Å². The molecule has 4 aromatic heterocycles. The number of anilines is 5. The molecule has 0 radical (unpaired) electrons. The number of hydrogen-bond acceptors (Lipinski definition) is 9. The van der Waals surface area contributed by atoms with Crippen molar-refractivity contribution in [3.05, 3.63) is 192 Å². The first-order chi connectivity index (χ1) is 31.6. The fourth-order valence-corrected chi connectivity index (χ4v) is 10.8. The van der Waals surface area contributed by atoms with E-state index in [9.17, 15) is 0 Å². The summed E-state index contributed by atoms with van der Waals surface area (Å²) in [5, 5.41) is 14.9. The molecule has 12 heteroatoms. The van der Waals surface area contributed by atoms with E-state index in [1.54, 1.807) is 0 Å². The number of nitrogens with zero attached hydrogens (tertiary/aromatic N) is 12. The first-order valence-corrected chi connectivity index (χ1v) is 22.4. The van der Waals surface area contributed by atoms with Gasteiger partial charge in [0.1, 0.15) is 25.9 Å². The molecule has 5 aliphatic rings. The number of allylic oxidation sites excluding steroid dienone is 4. The Morgan fingerprint density at radius 2 is 1.41 bits per heavy atom. The molecule has 7 aromatic rings. The number of rotatable bonds is 8. The molecule has 12 nitrogen and oxygen atoms in total. The summed E-state index contributed by atoms with van der Waals surface area (Å²) in [6.45, 7) is 10.2. The Labute approximate surface area is 373 Å². The third-order valence-electron chi connectivity index (χ3n) is 13.5. The van der Waals surface area contributed by atoms with E-state index in [4.69, 9.17) is 32.1 Å². The molecule has 8 heterocycles. The van der Waals surface area contributed by atoms with Crippen molar-refractivity contribution in [2.75, 3.05) is 32.7 Å². The third kappa shape index (κ3) is 5.95. The van der Waals surface area contributed by atoms with Gasteiger partial charge in [0.05, 0.1) is 40.4 Å². The number of aryl methyl sites for hydroxylation is 1. The lowest BCUT2D eigenvalue weighted by molar-refractivity contribution is -0.722. The fraction of sp³-hybridized carbons (Fsp3) is 0.231. The molecule has 0 amide bonds. The zero-order valence-corrected chi connectivity index (χ0v) is 36.1. The molecular formula is C52H49N12+. The maximum atomic E-state index is 5.22. The van der Waals surface area contributed by atoms with Gasteiger partial charge >= 0.3 is 0 Å². The van der Waals surface area contributed by atoms with Crippen LogP contribution in [-0.4, -0.2) is 60.3 Å². The summed E-state index contributed by atoms with van der Waals surface area (Å²) >= 11 is 0. The van der Waals surface area contributed by atoms with Crippen molar-refractivity contribution in [2.24, 2.45) is 7.05 Å². The highest BCUT2D eigenvalue weighted by atomic mass is 15.5. The summed E-state index contributed by atoms with van der Waals surface area (Å²) in [7, 11) is 2.01. The van der Waals surface area contributed by atoms with Crippen LogP contribution in [0.5, 0.6) is 0 Å². The molecule has 3 aromatic carbocycles. The number of aromatic nitrogens is 8. The van der Waals surface area contributed by atoms with Crippen LogP contribution in [0.2, 0.25) is 0 Å². The van der Waals surface area contributed by atoms with Gasteiger partial charge in [-0.1, -0.05) is 103 Å². The van der Waals surface area contributed by atoms with E-state index in [1.165, 1.54) is 28.1 Å². The maximum absolute atomic E-state index is 5.22. The van der Waals surface area contributed by atoms with Gasteiger partial charge in [0, 0.05) is 43.2 Å². The lowest BCUT2D eigenvalue weighted by Gasteiger charge is -2.39. The fourth-order valence-electron chi connectivity index (χ4n) is 10.8. The monoisotopic (exact) mass is 841 g/mol. The molecular weight excluding hydrogens is 793 g/mol. The maximum Gasteiger partial charge on any atom is 0.223 e. The highest BCUT2D eigenvalue weighted by Crippen LogP contribution is 2.54. The van der Waals surface area contributed by atoms with Gasteiger partial charge < -0.3 is 14.7 Å². The topological polar surface area (TPSA) is 91.2 Å². The molecule has 0 N–H and O–H groups in total. The highest BCUT2D eigenvalue weighted by Gasteiger charge is 2.50. The Hall–Kier alpha value is -7.60. The zero-order valence-electron chi connectivity index (χ0n) is 36.1. The molecule has 3 unspecified atom stereocenters. The van der Waals surface area contributed by atoms with E-state index >= 15 is 0 Å². The number of hydrogen-bond donors (Lipinski definition) is 0. The van der Waals surface area contributed by atoms with Crippen molar-refractivity contribution in [1.29, 1.82) is 0 Å². The molecule has 2 bridgehead atoms. The van der Waals surface area contributed by atoms with Crippen LogP contribution in [0.25, 0.3) is 17.0 Å². The van der Waals surface area contributed by atoms with Gasteiger partial charge in [-0.3, -0.25) is 4.90 Å². The quantitative estimate of drug-likeness (QED) is 0.110. The molecule has 0 spiro atoms. The summed E-state index contributed by atoms with van der Waals surface area (Å²) in [5.74, 6) is 1.64. The second kappa shape index (κ2) is 15.3. The minimum absolute atomic E-state index is 0.124. The van der Waals surface area contributed by atoms with Gasteiger partial charge in [-0.05, 0) is 84.5 Å². The summed E-state index contributed by atoms with van der Waals surface area (Å²) in [6.07, 6.45) is 15.6. The third-order valence-corrected chi connectivity index (χ3v) is 13.5. The molecule has 0 saturated heterocycles. The summed E-state index contributed by atoms with van der Waals surface area (Å²) in [5.41, 5.74) is 14.1. The van der Waals surface area contributed by atoms with Crippen LogP contribution in [0.4, 0.5) is 28.7 Å². The average Bonchev–Trinajstić information content (AvgIpc) is 4.11. The summed E-state index contributed by atoms with van der Waals surface area (Å²) in [4.78, 5) is 20.3. The van der Waals surface area contributed by atoms with Gasteiger partial charge in [-0.15, -0.1) is 14.5 Å². The van der Waals surface area contributed by atoms with Crippen LogP contribution in [0.1, 0.15) is 60.2 Å². The Morgan fingerprint density at radius 3 is 2.16 bits per heavy atom. The second-order valence-electron chi connectivity index (χ2n) is 17.2. The Morgan fingerprint density at radius 1 is 0.750 bits per heavy atom. The van der Waals surface area contributed by atoms with Crippen molar-refractivity contribution in [3.63, 3.8) is 0 Å². The first-order valence-electron chi connectivity index (χ1n) is 22.4. The Balaban J connectivity index is 1.03. The number of fused-ring (bicyclic) bond motifs is 13. The standard InChI is InChI=1S/C52H49N12/c1-4-5-23-40(35(2)46-48-47(55-56-61(48)33-36-18-8-6-9-19-36)50-49(46)62(57-58(50)3)34-37-20-10-7-11-21-37)63-44-31-38-32-45-60(30-15-14-29-59(44)42-25-16-27-53-51(42)63)43-26-17-28-54-52(43)64(45)41-24-13-12-22-39(38)41/h4-13,16-28,31,44-46H,2,14-15,29-30,32-34H2,1,3H3/q+1/b5-4-,38-31?,40-23+. The number of para-hydroxylation sites is 1. The Bertz CT molecular complexity index is 3030. The van der Waals surface area contributed by atoms with Gasteiger partial charge in [-0.25, -0.2) is 14.6 Å². The van der Waals surface area contributed by atoms with E-state index < -0.39 is 0 Å². The van der Waals surface area contributed by atoms with E-state index in [1.807, 2.05) is 24.1 Å². The van der Waals surface area contributed by atoms with Gasteiger partial charge in [-0.2, -0.15) is 0 Å².